The van der Waals surface area contributed by atoms with E-state index in [1.54, 1.807) is 0 Å². The van der Waals surface area contributed by atoms with Crippen molar-refractivity contribution in [2.24, 2.45) is 0 Å². The van der Waals surface area contributed by atoms with Crippen LogP contribution in [0.1, 0.15) is 36.7 Å². The van der Waals surface area contributed by atoms with E-state index in [0.717, 1.165) is 20.9 Å². The van der Waals surface area contributed by atoms with Crippen molar-refractivity contribution in [2.45, 2.75) is 26.2 Å². The molecule has 3 aromatic rings. The number of rotatable bonds is 2. The number of carbonyl (C=O) groups excluding carboxylic acids is 1. The fourth-order valence-electron chi connectivity index (χ4n) is 2.79. The fourth-order valence-corrected chi connectivity index (χ4v) is 3.77. The molecule has 1 amide bonds. The second-order valence-electron chi connectivity index (χ2n) is 6.93. The number of halogens is 1. The van der Waals surface area contributed by atoms with E-state index in [-0.39, 0.29) is 11.3 Å². The first kappa shape index (κ1) is 16.7. The molecule has 3 rings (SSSR count). The van der Waals surface area contributed by atoms with Crippen molar-refractivity contribution in [1.29, 1.82) is 0 Å². The number of benzene rings is 3. The van der Waals surface area contributed by atoms with Gasteiger partial charge in [-0.15, -0.1) is 0 Å². The van der Waals surface area contributed by atoms with Crippen molar-refractivity contribution < 1.29 is 4.79 Å². The van der Waals surface area contributed by atoms with Crippen molar-refractivity contribution in [2.75, 3.05) is 5.32 Å². The van der Waals surface area contributed by atoms with Crippen LogP contribution in [-0.2, 0) is 5.41 Å². The van der Waals surface area contributed by atoms with E-state index >= 15 is 0 Å². The topological polar surface area (TPSA) is 29.1 Å². The van der Waals surface area contributed by atoms with E-state index in [4.69, 9.17) is 0 Å². The molecule has 122 valence electrons. The van der Waals surface area contributed by atoms with Gasteiger partial charge < -0.3 is 5.32 Å². The van der Waals surface area contributed by atoms with Gasteiger partial charge in [0.05, 0.1) is 0 Å². The molecule has 2 nitrogen and oxygen atoms in total. The van der Waals surface area contributed by atoms with Crippen LogP contribution < -0.4 is 5.32 Å². The number of nitrogens with one attached hydrogen (secondary N) is 1. The van der Waals surface area contributed by atoms with Crippen molar-refractivity contribution >= 4 is 38.3 Å². The van der Waals surface area contributed by atoms with Gasteiger partial charge in [0, 0.05) is 21.1 Å². The monoisotopic (exact) mass is 381 g/mol. The fraction of sp³-hybridized carbons (Fsp3) is 0.190. The average Bonchev–Trinajstić information content (AvgIpc) is 2.54. The van der Waals surface area contributed by atoms with Gasteiger partial charge in [-0.3, -0.25) is 4.79 Å². The van der Waals surface area contributed by atoms with E-state index in [2.05, 4.69) is 42.0 Å². The number of fused-ring (bicyclic) bond motifs is 1. The lowest BCUT2D eigenvalue weighted by Crippen LogP contribution is -2.15. The lowest BCUT2D eigenvalue weighted by molar-refractivity contribution is 0.102. The minimum atomic E-state index is -0.104. The molecule has 0 saturated carbocycles. The molecule has 0 spiro atoms. The van der Waals surface area contributed by atoms with Crippen LogP contribution in [0, 0.1) is 0 Å². The van der Waals surface area contributed by atoms with Gasteiger partial charge in [-0.2, -0.15) is 0 Å². The molecule has 0 heterocycles. The molecule has 1 N–H and O–H groups in total. The molecular formula is C21H20BrNO. The van der Waals surface area contributed by atoms with Gasteiger partial charge in [-0.1, -0.05) is 79.2 Å². The van der Waals surface area contributed by atoms with Crippen LogP contribution >= 0.6 is 15.9 Å². The van der Waals surface area contributed by atoms with E-state index in [1.807, 2.05) is 60.7 Å². The molecular weight excluding hydrogens is 362 g/mol. The number of hydrogen-bond donors (Lipinski definition) is 1. The quantitative estimate of drug-likeness (QED) is 0.566. The molecule has 0 unspecified atom stereocenters. The van der Waals surface area contributed by atoms with Crippen LogP contribution in [0.4, 0.5) is 5.69 Å². The van der Waals surface area contributed by atoms with Gasteiger partial charge in [-0.25, -0.2) is 0 Å². The third-order valence-electron chi connectivity index (χ3n) is 4.08. The lowest BCUT2D eigenvalue weighted by atomic mass is 9.86. The van der Waals surface area contributed by atoms with Crippen molar-refractivity contribution in [3.63, 3.8) is 0 Å². The van der Waals surface area contributed by atoms with Crippen LogP contribution in [0.15, 0.2) is 65.1 Å². The van der Waals surface area contributed by atoms with E-state index < -0.39 is 0 Å². The SMILES string of the molecule is CC(C)(C)c1ccc(C(=O)Nc2cccc3ccccc23)cc1Br. The summed E-state index contributed by atoms with van der Waals surface area (Å²) >= 11 is 3.60. The standard InChI is InChI=1S/C21H20BrNO/c1-21(2,3)17-12-11-15(13-18(17)22)20(24)23-19-10-6-8-14-7-4-5-9-16(14)19/h4-13H,1-3H3,(H,23,24). The summed E-state index contributed by atoms with van der Waals surface area (Å²) in [7, 11) is 0. The van der Waals surface area contributed by atoms with Crippen molar-refractivity contribution in [1.82, 2.24) is 0 Å². The van der Waals surface area contributed by atoms with Gasteiger partial charge in [-0.05, 0) is 34.6 Å². The Morgan fingerprint density at radius 3 is 2.38 bits per heavy atom. The van der Waals surface area contributed by atoms with Crippen molar-refractivity contribution in [3.05, 3.63) is 76.3 Å². The van der Waals surface area contributed by atoms with Gasteiger partial charge in [0.2, 0.25) is 0 Å². The highest BCUT2D eigenvalue weighted by Crippen LogP contribution is 2.31. The number of hydrogen-bond acceptors (Lipinski definition) is 1. The Labute approximate surface area is 151 Å². The molecule has 0 aromatic heterocycles. The first-order chi connectivity index (χ1) is 11.4. The highest BCUT2D eigenvalue weighted by molar-refractivity contribution is 9.10. The molecule has 0 bridgehead atoms. The zero-order chi connectivity index (χ0) is 17.3. The summed E-state index contributed by atoms with van der Waals surface area (Å²) in [5.74, 6) is -0.104. The molecule has 0 atom stereocenters. The van der Waals surface area contributed by atoms with E-state index in [9.17, 15) is 4.79 Å². The summed E-state index contributed by atoms with van der Waals surface area (Å²) in [4.78, 5) is 12.6. The molecule has 0 radical (unpaired) electrons. The second-order valence-corrected chi connectivity index (χ2v) is 7.78. The zero-order valence-electron chi connectivity index (χ0n) is 14.1. The summed E-state index contributed by atoms with van der Waals surface area (Å²) in [6.45, 7) is 6.47. The smallest absolute Gasteiger partial charge is 0.255 e. The second kappa shape index (κ2) is 6.40. The maximum absolute atomic E-state index is 12.6. The molecule has 0 aliphatic carbocycles. The molecule has 0 aliphatic heterocycles. The molecule has 0 aliphatic rings. The highest BCUT2D eigenvalue weighted by atomic mass is 79.9. The zero-order valence-corrected chi connectivity index (χ0v) is 15.6. The Morgan fingerprint density at radius 1 is 0.958 bits per heavy atom. The summed E-state index contributed by atoms with van der Waals surface area (Å²) < 4.78 is 0.959. The molecule has 0 saturated heterocycles. The third-order valence-corrected chi connectivity index (χ3v) is 4.73. The Kier molecular flexibility index (Phi) is 4.46. The minimum absolute atomic E-state index is 0.0312. The number of anilines is 1. The Hall–Kier alpha value is -2.13. The van der Waals surface area contributed by atoms with Crippen LogP contribution in [0.25, 0.3) is 10.8 Å². The number of amides is 1. The van der Waals surface area contributed by atoms with Crippen LogP contribution in [0.2, 0.25) is 0 Å². The Morgan fingerprint density at radius 2 is 1.67 bits per heavy atom. The number of carbonyl (C=O) groups is 1. The third kappa shape index (κ3) is 3.36. The maximum Gasteiger partial charge on any atom is 0.255 e. The normalized spacial score (nSPS) is 11.5. The van der Waals surface area contributed by atoms with E-state index in [0.29, 0.717) is 5.56 Å². The molecule has 24 heavy (non-hydrogen) atoms. The molecule has 3 aromatic carbocycles. The van der Waals surface area contributed by atoms with Crippen LogP contribution in [-0.4, -0.2) is 5.91 Å². The van der Waals surface area contributed by atoms with Gasteiger partial charge >= 0.3 is 0 Å². The van der Waals surface area contributed by atoms with Gasteiger partial charge in [0.25, 0.3) is 5.91 Å². The lowest BCUT2D eigenvalue weighted by Gasteiger charge is -2.21. The summed E-state index contributed by atoms with van der Waals surface area (Å²) in [5, 5.41) is 5.18. The van der Waals surface area contributed by atoms with Gasteiger partial charge in [0.1, 0.15) is 0 Å². The average molecular weight is 382 g/mol. The molecule has 3 heteroatoms. The predicted octanol–water partition coefficient (Wildman–Crippen LogP) is 6.15. The van der Waals surface area contributed by atoms with Crippen molar-refractivity contribution in [3.8, 4) is 0 Å². The Bertz CT molecular complexity index is 904. The van der Waals surface area contributed by atoms with Gasteiger partial charge in [0.15, 0.2) is 0 Å². The summed E-state index contributed by atoms with van der Waals surface area (Å²) in [5.41, 5.74) is 2.69. The first-order valence-corrected chi connectivity index (χ1v) is 8.75. The highest BCUT2D eigenvalue weighted by Gasteiger charge is 2.18. The maximum atomic E-state index is 12.6. The van der Waals surface area contributed by atoms with Crippen LogP contribution in [0.5, 0.6) is 0 Å². The summed E-state index contributed by atoms with van der Waals surface area (Å²) in [6, 6.07) is 19.7. The predicted molar refractivity (Wildman–Crippen MR) is 105 cm³/mol. The first-order valence-electron chi connectivity index (χ1n) is 7.95. The molecule has 0 fully saturated rings. The minimum Gasteiger partial charge on any atom is -0.321 e. The van der Waals surface area contributed by atoms with E-state index in [1.165, 1.54) is 5.56 Å². The van der Waals surface area contributed by atoms with Crippen LogP contribution in [0.3, 0.4) is 0 Å². The Balaban J connectivity index is 1.91. The summed E-state index contributed by atoms with van der Waals surface area (Å²) in [6.07, 6.45) is 0. The largest absolute Gasteiger partial charge is 0.321 e.